The molecule has 1 rings (SSSR count). The Bertz CT molecular complexity index is 206. The Balaban J connectivity index is 2.33. The van der Waals surface area contributed by atoms with E-state index in [1.807, 2.05) is 18.2 Å². The zero-order chi connectivity index (χ0) is 7.94. The Morgan fingerprint density at radius 3 is 2.55 bits per heavy atom. The van der Waals surface area contributed by atoms with Crippen molar-refractivity contribution < 1.29 is 9.78 Å². The van der Waals surface area contributed by atoms with Crippen LogP contribution in [0, 0.1) is 6.61 Å². The van der Waals surface area contributed by atoms with E-state index in [0.29, 0.717) is 5.75 Å². The molecule has 0 atom stereocenters. The summed E-state index contributed by atoms with van der Waals surface area (Å²) >= 11 is 0. The molecule has 0 heterocycles. The van der Waals surface area contributed by atoms with E-state index in [1.165, 1.54) is 12.7 Å². The van der Waals surface area contributed by atoms with Crippen molar-refractivity contribution in [2.45, 2.75) is 0 Å². The van der Waals surface area contributed by atoms with E-state index in [1.54, 1.807) is 12.1 Å². The van der Waals surface area contributed by atoms with Crippen LogP contribution < -0.4 is 4.89 Å². The van der Waals surface area contributed by atoms with Gasteiger partial charge in [-0.1, -0.05) is 24.3 Å². The maximum Gasteiger partial charge on any atom is 0.165 e. The van der Waals surface area contributed by atoms with Crippen molar-refractivity contribution in [3.8, 4) is 5.75 Å². The zero-order valence-electron chi connectivity index (χ0n) is 6.07. The maximum absolute atomic E-state index is 4.82. The smallest absolute Gasteiger partial charge is 0.165 e. The van der Waals surface area contributed by atoms with Crippen molar-refractivity contribution in [3.63, 3.8) is 0 Å². The van der Waals surface area contributed by atoms with Crippen LogP contribution >= 0.6 is 0 Å². The van der Waals surface area contributed by atoms with Gasteiger partial charge in [-0.25, -0.2) is 0 Å². The highest BCUT2D eigenvalue weighted by Crippen LogP contribution is 2.08. The lowest BCUT2D eigenvalue weighted by Gasteiger charge is -1.99. The molecule has 0 aliphatic heterocycles. The van der Waals surface area contributed by atoms with Crippen molar-refractivity contribution in [2.24, 2.45) is 0 Å². The molecular formula is C9H9O2. The van der Waals surface area contributed by atoms with Crippen LogP contribution in [0.25, 0.3) is 0 Å². The summed E-state index contributed by atoms with van der Waals surface area (Å²) in [6, 6.07) is 9.25. The number of hydrogen-bond donors (Lipinski definition) is 0. The third-order valence-electron chi connectivity index (χ3n) is 1.04. The second-order valence-corrected chi connectivity index (χ2v) is 1.86. The average Bonchev–Trinajstić information content (AvgIpc) is 2.07. The molecule has 0 aromatic heterocycles. The summed E-state index contributed by atoms with van der Waals surface area (Å²) in [6.45, 7) is 4.80. The van der Waals surface area contributed by atoms with Gasteiger partial charge in [0.15, 0.2) is 12.4 Å². The molecule has 0 aliphatic carbocycles. The topological polar surface area (TPSA) is 18.5 Å². The van der Waals surface area contributed by atoms with Crippen LogP contribution in [-0.2, 0) is 4.89 Å². The van der Waals surface area contributed by atoms with Gasteiger partial charge >= 0.3 is 0 Å². The standard InChI is InChI=1S/C9H9O2/c1-2-8-10-11-9-6-4-3-5-7-9/h2-8H,1H2. The first-order valence-electron chi connectivity index (χ1n) is 3.26. The van der Waals surface area contributed by atoms with Gasteiger partial charge in [0.05, 0.1) is 0 Å². The van der Waals surface area contributed by atoms with Crippen LogP contribution in [0.15, 0.2) is 43.0 Å². The molecule has 0 saturated heterocycles. The molecule has 0 N–H and O–H groups in total. The predicted octanol–water partition coefficient (Wildman–Crippen LogP) is 2.34. The molecule has 2 nitrogen and oxygen atoms in total. The highest BCUT2D eigenvalue weighted by Gasteiger charge is 1.89. The molecule has 1 aromatic rings. The third kappa shape index (κ3) is 2.87. The van der Waals surface area contributed by atoms with Crippen molar-refractivity contribution in [1.29, 1.82) is 0 Å². The average molecular weight is 149 g/mol. The second kappa shape index (κ2) is 4.52. The SMILES string of the molecule is C=C[CH]OOc1ccccc1. The van der Waals surface area contributed by atoms with Crippen molar-refractivity contribution in [3.05, 3.63) is 49.6 Å². The minimum atomic E-state index is 0.672. The molecule has 11 heavy (non-hydrogen) atoms. The normalized spacial score (nSPS) is 9.09. The van der Waals surface area contributed by atoms with E-state index in [9.17, 15) is 0 Å². The molecule has 1 radical (unpaired) electrons. The molecular weight excluding hydrogens is 140 g/mol. The van der Waals surface area contributed by atoms with Crippen LogP contribution in [0.3, 0.4) is 0 Å². The summed E-state index contributed by atoms with van der Waals surface area (Å²) < 4.78 is 0. The lowest BCUT2D eigenvalue weighted by molar-refractivity contribution is -0.167. The van der Waals surface area contributed by atoms with Gasteiger partial charge in [0.2, 0.25) is 0 Å². The molecule has 0 fully saturated rings. The molecule has 0 saturated carbocycles. The Labute approximate surface area is 66.0 Å². The molecule has 2 heteroatoms. The van der Waals surface area contributed by atoms with Gasteiger partial charge < -0.3 is 4.89 Å². The van der Waals surface area contributed by atoms with Gasteiger partial charge in [0, 0.05) is 0 Å². The van der Waals surface area contributed by atoms with E-state index < -0.39 is 0 Å². The van der Waals surface area contributed by atoms with Crippen LogP contribution in [0.4, 0.5) is 0 Å². The lowest BCUT2D eigenvalue weighted by atomic mass is 10.3. The Kier molecular flexibility index (Phi) is 3.22. The molecule has 0 spiro atoms. The number of benzene rings is 1. The predicted molar refractivity (Wildman–Crippen MR) is 42.7 cm³/mol. The Morgan fingerprint density at radius 2 is 1.91 bits per heavy atom. The van der Waals surface area contributed by atoms with Gasteiger partial charge in [0.1, 0.15) is 0 Å². The lowest BCUT2D eigenvalue weighted by Crippen LogP contribution is -1.91. The summed E-state index contributed by atoms with van der Waals surface area (Å²) in [5.41, 5.74) is 0. The second-order valence-electron chi connectivity index (χ2n) is 1.86. The summed E-state index contributed by atoms with van der Waals surface area (Å²) in [6.07, 6.45) is 1.50. The number of rotatable bonds is 4. The van der Waals surface area contributed by atoms with E-state index in [4.69, 9.17) is 4.89 Å². The fourth-order valence-corrected chi connectivity index (χ4v) is 0.599. The van der Waals surface area contributed by atoms with E-state index >= 15 is 0 Å². The van der Waals surface area contributed by atoms with Crippen LogP contribution in [0.5, 0.6) is 5.75 Å². The molecule has 0 amide bonds. The summed E-state index contributed by atoms with van der Waals surface area (Å²) in [5, 5.41) is 0. The van der Waals surface area contributed by atoms with Crippen LogP contribution in [0.1, 0.15) is 0 Å². The maximum atomic E-state index is 4.82. The van der Waals surface area contributed by atoms with E-state index in [0.717, 1.165) is 0 Å². The first-order valence-corrected chi connectivity index (χ1v) is 3.26. The van der Waals surface area contributed by atoms with Gasteiger partial charge in [-0.05, 0) is 12.1 Å². The van der Waals surface area contributed by atoms with Crippen LogP contribution in [-0.4, -0.2) is 0 Å². The monoisotopic (exact) mass is 149 g/mol. The molecule has 0 bridgehead atoms. The van der Waals surface area contributed by atoms with Crippen molar-refractivity contribution in [1.82, 2.24) is 0 Å². The third-order valence-corrected chi connectivity index (χ3v) is 1.04. The Morgan fingerprint density at radius 1 is 1.18 bits per heavy atom. The minimum Gasteiger partial charge on any atom is -0.337 e. The van der Waals surface area contributed by atoms with Crippen molar-refractivity contribution in [2.75, 3.05) is 0 Å². The molecule has 57 valence electrons. The van der Waals surface area contributed by atoms with Crippen LogP contribution in [0.2, 0.25) is 0 Å². The number of para-hydroxylation sites is 1. The van der Waals surface area contributed by atoms with Gasteiger partial charge in [0.25, 0.3) is 0 Å². The van der Waals surface area contributed by atoms with E-state index in [-0.39, 0.29) is 0 Å². The fourth-order valence-electron chi connectivity index (χ4n) is 0.599. The molecule has 0 aliphatic rings. The largest absolute Gasteiger partial charge is 0.337 e. The Hall–Kier alpha value is -1.28. The summed E-state index contributed by atoms with van der Waals surface area (Å²) in [5.74, 6) is 0.672. The molecule has 0 unspecified atom stereocenters. The summed E-state index contributed by atoms with van der Waals surface area (Å²) in [7, 11) is 0. The quantitative estimate of drug-likeness (QED) is 0.371. The van der Waals surface area contributed by atoms with E-state index in [2.05, 4.69) is 11.5 Å². The highest BCUT2D eigenvalue weighted by atomic mass is 17.2. The first-order chi connectivity index (χ1) is 5.43. The van der Waals surface area contributed by atoms with Gasteiger partial charge in [-0.3, -0.25) is 0 Å². The highest BCUT2D eigenvalue weighted by molar-refractivity contribution is 5.20. The van der Waals surface area contributed by atoms with Gasteiger partial charge in [-0.2, -0.15) is 4.89 Å². The summed E-state index contributed by atoms with van der Waals surface area (Å²) in [4.78, 5) is 9.45. The minimum absolute atomic E-state index is 0.672. The molecule has 1 aromatic carbocycles. The number of hydrogen-bond acceptors (Lipinski definition) is 2. The fraction of sp³-hybridized carbons (Fsp3) is 0. The van der Waals surface area contributed by atoms with Gasteiger partial charge in [-0.15, -0.1) is 6.58 Å². The van der Waals surface area contributed by atoms with Crippen molar-refractivity contribution >= 4 is 0 Å². The zero-order valence-corrected chi connectivity index (χ0v) is 6.07. The first kappa shape index (κ1) is 7.82.